The highest BCUT2D eigenvalue weighted by Crippen LogP contribution is 2.36. The van der Waals surface area contributed by atoms with E-state index in [1.54, 1.807) is 11.3 Å². The average Bonchev–Trinajstić information content (AvgIpc) is 2.82. The Morgan fingerprint density at radius 1 is 1.30 bits per heavy atom. The first kappa shape index (κ1) is 15.8. The van der Waals surface area contributed by atoms with Crippen molar-refractivity contribution in [1.82, 2.24) is 4.98 Å². The van der Waals surface area contributed by atoms with Crippen molar-refractivity contribution in [3.63, 3.8) is 0 Å². The van der Waals surface area contributed by atoms with Crippen LogP contribution in [0.3, 0.4) is 0 Å². The Balaban J connectivity index is 2.26. The van der Waals surface area contributed by atoms with Gasteiger partial charge in [-0.1, -0.05) is 40.5 Å². The second-order valence-corrected chi connectivity index (χ2v) is 8.22. The molecule has 4 heteroatoms. The van der Waals surface area contributed by atoms with Gasteiger partial charge in [-0.15, -0.1) is 11.3 Å². The van der Waals surface area contributed by atoms with Crippen molar-refractivity contribution < 1.29 is 0 Å². The van der Waals surface area contributed by atoms with Crippen LogP contribution in [0.1, 0.15) is 63.9 Å². The summed E-state index contributed by atoms with van der Waals surface area (Å²) in [5, 5.41) is 1.15. The van der Waals surface area contributed by atoms with Crippen LogP contribution < -0.4 is 10.6 Å². The molecule has 2 N–H and O–H groups in total. The summed E-state index contributed by atoms with van der Waals surface area (Å²) in [4.78, 5) is 8.57. The topological polar surface area (TPSA) is 42.2 Å². The SMILES string of the molecule is CC1CCCCC1N(C)c1nc(C(C)(C)C)c(CN)s1. The van der Waals surface area contributed by atoms with Crippen molar-refractivity contribution in [3.05, 3.63) is 10.6 Å². The Labute approximate surface area is 127 Å². The molecule has 114 valence electrons. The normalized spacial score (nSPS) is 23.9. The Morgan fingerprint density at radius 3 is 2.45 bits per heavy atom. The lowest BCUT2D eigenvalue weighted by molar-refractivity contribution is 0.321. The standard InChI is InChI=1S/C16H29N3S/c1-11-8-6-7-9-12(11)19(5)15-18-14(16(2,3)4)13(10-17)20-15/h11-12H,6-10,17H2,1-5H3. The van der Waals surface area contributed by atoms with Gasteiger partial charge in [0.15, 0.2) is 5.13 Å². The molecule has 0 radical (unpaired) electrons. The molecule has 2 rings (SSSR count). The predicted octanol–water partition coefficient (Wildman–Crippen LogP) is 3.91. The smallest absolute Gasteiger partial charge is 0.185 e. The van der Waals surface area contributed by atoms with Crippen molar-refractivity contribution in [3.8, 4) is 0 Å². The Hall–Kier alpha value is -0.610. The van der Waals surface area contributed by atoms with Gasteiger partial charge in [0.25, 0.3) is 0 Å². The van der Waals surface area contributed by atoms with E-state index < -0.39 is 0 Å². The maximum atomic E-state index is 5.92. The number of hydrogen-bond acceptors (Lipinski definition) is 4. The lowest BCUT2D eigenvalue weighted by atomic mass is 9.85. The van der Waals surface area contributed by atoms with Crippen LogP contribution in [0.2, 0.25) is 0 Å². The van der Waals surface area contributed by atoms with Crippen LogP contribution in [0, 0.1) is 5.92 Å². The fraction of sp³-hybridized carbons (Fsp3) is 0.812. The van der Waals surface area contributed by atoms with Crippen molar-refractivity contribution in [2.24, 2.45) is 11.7 Å². The molecule has 20 heavy (non-hydrogen) atoms. The van der Waals surface area contributed by atoms with E-state index in [-0.39, 0.29) is 5.41 Å². The number of thiazole rings is 1. The third-order valence-electron chi connectivity index (χ3n) is 4.45. The molecule has 0 saturated heterocycles. The molecule has 0 aliphatic heterocycles. The van der Waals surface area contributed by atoms with Crippen LogP contribution >= 0.6 is 11.3 Å². The van der Waals surface area contributed by atoms with Gasteiger partial charge < -0.3 is 10.6 Å². The first-order chi connectivity index (χ1) is 9.34. The van der Waals surface area contributed by atoms with E-state index in [1.165, 1.54) is 36.3 Å². The molecule has 0 aromatic carbocycles. The molecule has 1 aromatic rings. The molecule has 1 aromatic heterocycles. The van der Waals surface area contributed by atoms with Crippen LogP contribution in [0.15, 0.2) is 0 Å². The van der Waals surface area contributed by atoms with E-state index in [2.05, 4.69) is 39.6 Å². The summed E-state index contributed by atoms with van der Waals surface area (Å²) in [7, 11) is 2.21. The molecule has 3 nitrogen and oxygen atoms in total. The molecule has 1 aliphatic rings. The zero-order valence-corrected chi connectivity index (χ0v) is 14.4. The lowest BCUT2D eigenvalue weighted by Gasteiger charge is -2.36. The zero-order valence-electron chi connectivity index (χ0n) is 13.6. The van der Waals surface area contributed by atoms with Gasteiger partial charge in [-0.25, -0.2) is 4.98 Å². The highest BCUT2D eigenvalue weighted by atomic mass is 32.1. The number of nitrogens with two attached hydrogens (primary N) is 1. The van der Waals surface area contributed by atoms with E-state index in [0.29, 0.717) is 12.6 Å². The molecule has 2 unspecified atom stereocenters. The van der Waals surface area contributed by atoms with E-state index in [1.807, 2.05) is 0 Å². The molecule has 2 atom stereocenters. The van der Waals surface area contributed by atoms with E-state index in [4.69, 9.17) is 10.7 Å². The minimum atomic E-state index is 0.0719. The molecule has 1 aliphatic carbocycles. The zero-order chi connectivity index (χ0) is 14.9. The summed E-state index contributed by atoms with van der Waals surface area (Å²) < 4.78 is 0. The highest BCUT2D eigenvalue weighted by molar-refractivity contribution is 7.15. The lowest BCUT2D eigenvalue weighted by Crippen LogP contribution is -2.39. The first-order valence-electron chi connectivity index (χ1n) is 7.77. The molecule has 1 heterocycles. The summed E-state index contributed by atoms with van der Waals surface area (Å²) >= 11 is 1.78. The van der Waals surface area contributed by atoms with Gasteiger partial charge in [0.2, 0.25) is 0 Å². The van der Waals surface area contributed by atoms with Crippen LogP contribution in [0.4, 0.5) is 5.13 Å². The molecular weight excluding hydrogens is 266 g/mol. The quantitative estimate of drug-likeness (QED) is 0.919. The molecule has 0 bridgehead atoms. The fourth-order valence-electron chi connectivity index (χ4n) is 3.23. The fourth-order valence-corrected chi connectivity index (χ4v) is 4.40. The van der Waals surface area contributed by atoms with Crippen molar-refractivity contribution in [2.75, 3.05) is 11.9 Å². The van der Waals surface area contributed by atoms with Gasteiger partial charge in [0.1, 0.15) is 0 Å². The van der Waals surface area contributed by atoms with Crippen LogP contribution in [-0.2, 0) is 12.0 Å². The Morgan fingerprint density at radius 2 is 1.95 bits per heavy atom. The van der Waals surface area contributed by atoms with Gasteiger partial charge in [-0.3, -0.25) is 0 Å². The number of hydrogen-bond donors (Lipinski definition) is 1. The Kier molecular flexibility index (Phi) is 4.75. The number of anilines is 1. The summed E-state index contributed by atoms with van der Waals surface area (Å²) in [6.07, 6.45) is 5.36. The second kappa shape index (κ2) is 6.02. The first-order valence-corrected chi connectivity index (χ1v) is 8.59. The van der Waals surface area contributed by atoms with Crippen molar-refractivity contribution in [1.29, 1.82) is 0 Å². The van der Waals surface area contributed by atoms with Gasteiger partial charge >= 0.3 is 0 Å². The van der Waals surface area contributed by atoms with Crippen LogP contribution in [-0.4, -0.2) is 18.1 Å². The molecule has 1 fully saturated rings. The summed E-state index contributed by atoms with van der Waals surface area (Å²) in [6.45, 7) is 9.62. The molecular formula is C16H29N3S. The largest absolute Gasteiger partial charge is 0.348 e. The number of aromatic nitrogens is 1. The summed E-state index contributed by atoms with van der Waals surface area (Å²) in [5.74, 6) is 0.761. The third kappa shape index (κ3) is 3.17. The van der Waals surface area contributed by atoms with Crippen molar-refractivity contribution >= 4 is 16.5 Å². The van der Waals surface area contributed by atoms with Gasteiger partial charge in [0, 0.05) is 29.9 Å². The third-order valence-corrected chi connectivity index (χ3v) is 5.62. The average molecular weight is 295 g/mol. The Bertz CT molecular complexity index is 447. The monoisotopic (exact) mass is 295 g/mol. The molecule has 0 amide bonds. The summed E-state index contributed by atoms with van der Waals surface area (Å²) in [5.41, 5.74) is 7.17. The minimum Gasteiger partial charge on any atom is -0.348 e. The second-order valence-electron chi connectivity index (χ2n) is 7.16. The van der Waals surface area contributed by atoms with E-state index in [9.17, 15) is 0 Å². The van der Waals surface area contributed by atoms with Crippen LogP contribution in [0.5, 0.6) is 0 Å². The van der Waals surface area contributed by atoms with Gasteiger partial charge in [-0.2, -0.15) is 0 Å². The maximum absolute atomic E-state index is 5.92. The van der Waals surface area contributed by atoms with Crippen LogP contribution in [0.25, 0.3) is 0 Å². The highest BCUT2D eigenvalue weighted by Gasteiger charge is 2.29. The number of nitrogens with zero attached hydrogens (tertiary/aromatic N) is 2. The minimum absolute atomic E-state index is 0.0719. The summed E-state index contributed by atoms with van der Waals surface area (Å²) in [6, 6.07) is 0.633. The van der Waals surface area contributed by atoms with E-state index in [0.717, 1.165) is 11.0 Å². The van der Waals surface area contributed by atoms with Crippen molar-refractivity contribution in [2.45, 2.75) is 71.4 Å². The maximum Gasteiger partial charge on any atom is 0.185 e. The molecule has 0 spiro atoms. The molecule has 1 saturated carbocycles. The van der Waals surface area contributed by atoms with Gasteiger partial charge in [0.05, 0.1) is 5.69 Å². The van der Waals surface area contributed by atoms with Gasteiger partial charge in [-0.05, 0) is 18.8 Å². The predicted molar refractivity (Wildman–Crippen MR) is 88.5 cm³/mol. The van der Waals surface area contributed by atoms with E-state index >= 15 is 0 Å². The number of rotatable bonds is 3.